The van der Waals surface area contributed by atoms with Crippen LogP contribution in [0.3, 0.4) is 0 Å². The number of carbonyl (C=O) groups excluding carboxylic acids is 4. The average Bonchev–Trinajstić information content (AvgIpc) is 0.899. The second-order valence-electron chi connectivity index (χ2n) is 33.3. The summed E-state index contributed by atoms with van der Waals surface area (Å²) in [6.45, 7) is 7.47. The van der Waals surface area contributed by atoms with Crippen LogP contribution in [0, 0.1) is 5.92 Å². The topological polar surface area (TPSA) is 237 Å². The molecule has 3 N–H and O–H groups in total. The summed E-state index contributed by atoms with van der Waals surface area (Å²) >= 11 is 0. The van der Waals surface area contributed by atoms with Crippen molar-refractivity contribution in [3.63, 3.8) is 0 Å². The number of aliphatic hydroxyl groups excluding tert-OH is 1. The fraction of sp³-hybridized carbons (Fsp3) is 0.957. The van der Waals surface area contributed by atoms with E-state index in [1.165, 1.54) is 327 Å². The molecule has 0 fully saturated rings. The van der Waals surface area contributed by atoms with Crippen LogP contribution in [-0.4, -0.2) is 96.7 Å². The molecule has 17 nitrogen and oxygen atoms in total. The summed E-state index contributed by atoms with van der Waals surface area (Å²) < 4.78 is 69.1. The van der Waals surface area contributed by atoms with Gasteiger partial charge in [0.1, 0.15) is 19.3 Å². The average molecular weight is 1620 g/mol. The smallest absolute Gasteiger partial charge is 0.462 e. The van der Waals surface area contributed by atoms with Crippen LogP contribution >= 0.6 is 15.6 Å². The van der Waals surface area contributed by atoms with E-state index in [1.54, 1.807) is 0 Å². The molecule has 19 heteroatoms. The number of phosphoric ester groups is 2. The van der Waals surface area contributed by atoms with E-state index in [4.69, 9.17) is 37.0 Å². The van der Waals surface area contributed by atoms with Crippen LogP contribution in [0.2, 0.25) is 0 Å². The van der Waals surface area contributed by atoms with Gasteiger partial charge in [0.05, 0.1) is 26.4 Å². The predicted octanol–water partition coefficient (Wildman–Crippen LogP) is 28.7. The number of hydrogen-bond donors (Lipinski definition) is 3. The van der Waals surface area contributed by atoms with Gasteiger partial charge in [-0.2, -0.15) is 0 Å². The number of aliphatic hydroxyl groups is 1. The molecule has 111 heavy (non-hydrogen) atoms. The summed E-state index contributed by atoms with van der Waals surface area (Å²) in [4.78, 5) is 73.5. The molecule has 0 amide bonds. The zero-order valence-corrected chi connectivity index (χ0v) is 74.9. The van der Waals surface area contributed by atoms with E-state index in [1.807, 2.05) is 0 Å². The number of carbonyl (C=O) groups is 4. The highest BCUT2D eigenvalue weighted by molar-refractivity contribution is 7.47. The first-order chi connectivity index (χ1) is 54.1. The zero-order chi connectivity index (χ0) is 81.1. The molecule has 3 unspecified atom stereocenters. The van der Waals surface area contributed by atoms with E-state index in [9.17, 15) is 43.2 Å². The maximum atomic E-state index is 13.2. The van der Waals surface area contributed by atoms with E-state index in [2.05, 4.69) is 34.6 Å². The van der Waals surface area contributed by atoms with Crippen molar-refractivity contribution in [1.29, 1.82) is 0 Å². The predicted molar refractivity (Wildman–Crippen MR) is 460 cm³/mol. The fourth-order valence-corrected chi connectivity index (χ4v) is 16.1. The fourth-order valence-electron chi connectivity index (χ4n) is 14.5. The molecule has 0 aromatic carbocycles. The van der Waals surface area contributed by atoms with Crippen LogP contribution in [0.5, 0.6) is 0 Å². The van der Waals surface area contributed by atoms with Crippen molar-refractivity contribution in [2.75, 3.05) is 39.6 Å². The van der Waals surface area contributed by atoms with Crippen LogP contribution in [0.25, 0.3) is 0 Å². The summed E-state index contributed by atoms with van der Waals surface area (Å²) in [6.07, 6.45) is 80.5. The largest absolute Gasteiger partial charge is 0.472 e. The monoisotopic (exact) mass is 1620 g/mol. The molecule has 0 heterocycles. The molecular weight excluding hydrogens is 1440 g/mol. The Kier molecular flexibility index (Phi) is 83.0. The van der Waals surface area contributed by atoms with Gasteiger partial charge >= 0.3 is 39.5 Å². The molecule has 0 aromatic rings. The zero-order valence-electron chi connectivity index (χ0n) is 73.1. The van der Waals surface area contributed by atoms with Gasteiger partial charge in [0.2, 0.25) is 0 Å². The van der Waals surface area contributed by atoms with Gasteiger partial charge in [-0.15, -0.1) is 0 Å². The molecule has 0 aromatic heterocycles. The second kappa shape index (κ2) is 84.5. The van der Waals surface area contributed by atoms with Crippen molar-refractivity contribution in [1.82, 2.24) is 0 Å². The summed E-state index contributed by atoms with van der Waals surface area (Å²) in [6, 6.07) is 0. The normalized spacial score (nSPS) is 13.9. The number of unbranched alkanes of at least 4 members (excludes halogenated alkanes) is 63. The molecule has 0 rings (SSSR count). The molecular formula is C92H180O17P2. The first-order valence-corrected chi connectivity index (χ1v) is 50.7. The van der Waals surface area contributed by atoms with Gasteiger partial charge in [-0.25, -0.2) is 9.13 Å². The number of hydrogen-bond acceptors (Lipinski definition) is 15. The van der Waals surface area contributed by atoms with E-state index in [0.717, 1.165) is 95.8 Å². The van der Waals surface area contributed by atoms with Crippen LogP contribution < -0.4 is 0 Å². The molecule has 0 aliphatic heterocycles. The van der Waals surface area contributed by atoms with Crippen LogP contribution in [0.1, 0.15) is 503 Å². The molecule has 0 radical (unpaired) electrons. The molecule has 0 aliphatic carbocycles. The summed E-state index contributed by atoms with van der Waals surface area (Å²) in [5, 5.41) is 10.7. The third-order valence-electron chi connectivity index (χ3n) is 22.1. The quantitative estimate of drug-likeness (QED) is 0.0222. The Morgan fingerprint density at radius 3 is 0.640 bits per heavy atom. The van der Waals surface area contributed by atoms with Gasteiger partial charge in [-0.1, -0.05) is 452 Å². The third-order valence-corrected chi connectivity index (χ3v) is 24.0. The van der Waals surface area contributed by atoms with E-state index >= 15 is 0 Å². The molecule has 6 atom stereocenters. The van der Waals surface area contributed by atoms with Crippen molar-refractivity contribution in [2.24, 2.45) is 5.92 Å². The molecule has 0 bridgehead atoms. The maximum Gasteiger partial charge on any atom is 0.472 e. The highest BCUT2D eigenvalue weighted by Crippen LogP contribution is 2.45. The summed E-state index contributed by atoms with van der Waals surface area (Å²) in [7, 11) is -9.94. The first-order valence-electron chi connectivity index (χ1n) is 47.7. The lowest BCUT2D eigenvalue weighted by molar-refractivity contribution is -0.161. The number of esters is 4. The number of ether oxygens (including phenoxy) is 4. The van der Waals surface area contributed by atoms with E-state index in [-0.39, 0.29) is 25.7 Å². The number of rotatable bonds is 92. The lowest BCUT2D eigenvalue weighted by Gasteiger charge is -2.21. The third kappa shape index (κ3) is 84.3. The molecule has 660 valence electrons. The van der Waals surface area contributed by atoms with Crippen LogP contribution in [0.15, 0.2) is 0 Å². The Morgan fingerprint density at radius 1 is 0.252 bits per heavy atom. The Labute approximate surface area is 683 Å². The maximum absolute atomic E-state index is 13.2. The standard InChI is InChI=1S/C92H180O17P2/c1-6-10-13-16-19-22-25-28-30-31-32-33-34-38-42-46-51-56-61-66-71-76-90(95)103-82-88(109-92(97)78-73-68-63-58-53-48-43-39-36-35-37-41-45-49-54-59-64-69-74-85(5)9-4)84-107-111(100,101)105-80-86(93)79-104-110(98,99)106-83-87(81-102-89(94)75-70-65-60-55-50-44-27-24-21-18-15-12-8-3)108-91(96)77-72-67-62-57-52-47-40-29-26-23-20-17-14-11-7-2/h85-88,93H,6-84H2,1-5H3,(H,98,99)(H,100,101)/t85?,86-,87+,88+/m0/s1. The molecule has 0 saturated heterocycles. The van der Waals surface area contributed by atoms with Gasteiger partial charge < -0.3 is 33.8 Å². The minimum atomic E-state index is -4.97. The Morgan fingerprint density at radius 2 is 0.432 bits per heavy atom. The van der Waals surface area contributed by atoms with Crippen molar-refractivity contribution < 1.29 is 80.2 Å². The van der Waals surface area contributed by atoms with Crippen LogP contribution in [-0.2, 0) is 65.4 Å². The lowest BCUT2D eigenvalue weighted by Crippen LogP contribution is -2.30. The van der Waals surface area contributed by atoms with Crippen molar-refractivity contribution in [3.05, 3.63) is 0 Å². The summed E-state index contributed by atoms with van der Waals surface area (Å²) in [5.41, 5.74) is 0. The minimum absolute atomic E-state index is 0.109. The van der Waals surface area contributed by atoms with Gasteiger partial charge in [0.25, 0.3) is 0 Å². The van der Waals surface area contributed by atoms with Crippen molar-refractivity contribution >= 4 is 39.5 Å². The Bertz CT molecular complexity index is 2100. The second-order valence-corrected chi connectivity index (χ2v) is 36.2. The minimum Gasteiger partial charge on any atom is -0.462 e. The SMILES string of the molecule is CCCCCCCCCCCCCCCCCCCCCCCC(=O)OC[C@H](COP(=O)(O)OC[C@@H](O)COP(=O)(O)OC[C@@H](COC(=O)CCCCCCCCCCCCCCC)OC(=O)CCCCCCCCCCCCCCCCC)OC(=O)CCCCCCCCCCCCCCCCCCCCC(C)CC. The number of phosphoric acid groups is 2. The van der Waals surface area contributed by atoms with Gasteiger partial charge in [-0.05, 0) is 31.6 Å². The van der Waals surface area contributed by atoms with E-state index < -0.39 is 97.5 Å². The van der Waals surface area contributed by atoms with Gasteiger partial charge in [0.15, 0.2) is 12.2 Å². The highest BCUT2D eigenvalue weighted by atomic mass is 31.2. The molecule has 0 saturated carbocycles. The van der Waals surface area contributed by atoms with Gasteiger partial charge in [-0.3, -0.25) is 37.3 Å². The molecule has 0 spiro atoms. The van der Waals surface area contributed by atoms with Gasteiger partial charge in [0, 0.05) is 25.7 Å². The van der Waals surface area contributed by atoms with Crippen LogP contribution in [0.4, 0.5) is 0 Å². The highest BCUT2D eigenvalue weighted by Gasteiger charge is 2.31. The Hall–Kier alpha value is -1.94. The summed E-state index contributed by atoms with van der Waals surface area (Å²) in [5.74, 6) is -1.22. The first kappa shape index (κ1) is 109. The van der Waals surface area contributed by atoms with Crippen molar-refractivity contribution in [2.45, 2.75) is 522 Å². The lowest BCUT2D eigenvalue weighted by atomic mass is 9.99. The van der Waals surface area contributed by atoms with E-state index in [0.29, 0.717) is 25.7 Å². The van der Waals surface area contributed by atoms with Crippen molar-refractivity contribution in [3.8, 4) is 0 Å². The molecule has 0 aliphatic rings. The Balaban J connectivity index is 5.24.